The molecule has 2 aromatic rings. The fraction of sp³-hybridized carbons (Fsp3) is 0.526. The van der Waals surface area contributed by atoms with Crippen LogP contribution < -0.4 is 10.2 Å². The number of nitrogens with zero attached hydrogens (tertiary/aromatic N) is 5. The number of carbonyl (C=O) groups excluding carboxylic acids is 2. The molecule has 10 heteroatoms. The number of hydrogen-bond donors (Lipinski definition) is 1. The van der Waals surface area contributed by atoms with Gasteiger partial charge in [0.1, 0.15) is 5.54 Å². The summed E-state index contributed by atoms with van der Waals surface area (Å²) in [6.07, 6.45) is 2.11. The van der Waals surface area contributed by atoms with Crippen LogP contribution in [0.1, 0.15) is 33.6 Å². The standard InChI is InChI=1S/C19H24N6O3S/c1-12(29-18-21-22-23-24(18)11-13-7-6-10-28-13)16(26)25-15-9-5-4-8-14(15)20-17(27)19(25,2)3/h4-5,8-9,12-13H,6-7,10-11H2,1-3H3,(H,20,27)/t12-,13+/m1/s1. The molecule has 0 radical (unpaired) electrons. The Morgan fingerprint density at radius 1 is 1.41 bits per heavy atom. The molecule has 0 aliphatic carbocycles. The molecule has 9 nitrogen and oxygen atoms in total. The van der Waals surface area contributed by atoms with E-state index in [4.69, 9.17) is 4.74 Å². The fourth-order valence-electron chi connectivity index (χ4n) is 3.61. The summed E-state index contributed by atoms with van der Waals surface area (Å²) < 4.78 is 7.35. The number of ether oxygens (including phenoxy) is 1. The minimum Gasteiger partial charge on any atom is -0.376 e. The van der Waals surface area contributed by atoms with Crippen molar-refractivity contribution in [1.82, 2.24) is 20.2 Å². The first-order valence-electron chi connectivity index (χ1n) is 9.67. The van der Waals surface area contributed by atoms with E-state index in [1.807, 2.05) is 25.1 Å². The van der Waals surface area contributed by atoms with Gasteiger partial charge < -0.3 is 10.1 Å². The summed E-state index contributed by atoms with van der Waals surface area (Å²) in [7, 11) is 0. The maximum atomic E-state index is 13.4. The Hall–Kier alpha value is -2.46. The molecule has 1 aromatic heterocycles. The topological polar surface area (TPSA) is 102 Å². The van der Waals surface area contributed by atoms with Crippen LogP contribution in [0.15, 0.2) is 29.4 Å². The molecule has 0 unspecified atom stereocenters. The third-order valence-corrected chi connectivity index (χ3v) is 6.32. The molecule has 154 valence electrons. The highest BCUT2D eigenvalue weighted by Gasteiger charge is 2.45. The lowest BCUT2D eigenvalue weighted by molar-refractivity contribution is -0.126. The van der Waals surface area contributed by atoms with Gasteiger partial charge in [-0.1, -0.05) is 23.9 Å². The van der Waals surface area contributed by atoms with Crippen molar-refractivity contribution in [2.45, 2.75) is 62.2 Å². The Bertz CT molecular complexity index is 924. The smallest absolute Gasteiger partial charge is 0.250 e. The van der Waals surface area contributed by atoms with Crippen LogP contribution in [0.25, 0.3) is 0 Å². The minimum atomic E-state index is -1.01. The minimum absolute atomic E-state index is 0.0976. The van der Waals surface area contributed by atoms with Crippen molar-refractivity contribution in [3.8, 4) is 0 Å². The zero-order valence-corrected chi connectivity index (χ0v) is 17.5. The zero-order chi connectivity index (χ0) is 20.6. The predicted octanol–water partition coefficient (Wildman–Crippen LogP) is 2.10. The molecule has 4 rings (SSSR count). The number of rotatable bonds is 5. The van der Waals surface area contributed by atoms with E-state index in [2.05, 4.69) is 20.8 Å². The molecule has 0 bridgehead atoms. The van der Waals surface area contributed by atoms with Crippen LogP contribution >= 0.6 is 11.8 Å². The van der Waals surface area contributed by atoms with E-state index >= 15 is 0 Å². The molecular formula is C19H24N6O3S. The Kier molecular flexibility index (Phi) is 5.30. The lowest BCUT2D eigenvalue weighted by Gasteiger charge is -2.43. The molecule has 0 saturated carbocycles. The van der Waals surface area contributed by atoms with Crippen molar-refractivity contribution in [3.05, 3.63) is 24.3 Å². The largest absolute Gasteiger partial charge is 0.376 e. The number of hydrogen-bond acceptors (Lipinski definition) is 7. The van der Waals surface area contributed by atoms with Crippen LogP contribution in [0.4, 0.5) is 11.4 Å². The maximum absolute atomic E-state index is 13.4. The second kappa shape index (κ2) is 7.75. The van der Waals surface area contributed by atoms with E-state index in [0.29, 0.717) is 23.1 Å². The molecule has 1 aromatic carbocycles. The average Bonchev–Trinajstić information content (AvgIpc) is 3.35. The van der Waals surface area contributed by atoms with Gasteiger partial charge in [-0.3, -0.25) is 14.5 Å². The summed E-state index contributed by atoms with van der Waals surface area (Å²) in [6.45, 7) is 6.62. The monoisotopic (exact) mass is 416 g/mol. The molecule has 3 heterocycles. The van der Waals surface area contributed by atoms with Gasteiger partial charge in [-0.05, 0) is 56.2 Å². The zero-order valence-electron chi connectivity index (χ0n) is 16.7. The van der Waals surface area contributed by atoms with Gasteiger partial charge in [-0.25, -0.2) is 4.68 Å². The van der Waals surface area contributed by atoms with Crippen molar-refractivity contribution in [2.24, 2.45) is 0 Å². The van der Waals surface area contributed by atoms with E-state index in [-0.39, 0.29) is 17.9 Å². The Morgan fingerprint density at radius 3 is 2.97 bits per heavy atom. The number of aromatic nitrogens is 4. The second-order valence-corrected chi connectivity index (χ2v) is 9.05. The van der Waals surface area contributed by atoms with E-state index in [0.717, 1.165) is 19.4 Å². The first-order chi connectivity index (χ1) is 13.9. The number of amides is 2. The van der Waals surface area contributed by atoms with E-state index in [9.17, 15) is 9.59 Å². The molecule has 2 aliphatic rings. The molecule has 1 fully saturated rings. The molecule has 0 spiro atoms. The van der Waals surface area contributed by atoms with Gasteiger partial charge in [-0.15, -0.1) is 5.10 Å². The van der Waals surface area contributed by atoms with Gasteiger partial charge >= 0.3 is 0 Å². The highest BCUT2D eigenvalue weighted by atomic mass is 32.2. The number of para-hydroxylation sites is 2. The number of thioether (sulfide) groups is 1. The third-order valence-electron chi connectivity index (χ3n) is 5.26. The van der Waals surface area contributed by atoms with Gasteiger partial charge in [0.05, 0.1) is 29.3 Å². The normalized spacial score (nSPS) is 21.6. The summed E-state index contributed by atoms with van der Waals surface area (Å²) in [5.41, 5.74) is 0.309. The molecule has 29 heavy (non-hydrogen) atoms. The van der Waals surface area contributed by atoms with Crippen molar-refractivity contribution in [2.75, 3.05) is 16.8 Å². The van der Waals surface area contributed by atoms with E-state index in [1.54, 1.807) is 29.5 Å². The average molecular weight is 417 g/mol. The van der Waals surface area contributed by atoms with E-state index < -0.39 is 10.8 Å². The summed E-state index contributed by atoms with van der Waals surface area (Å²) in [5.74, 6) is -0.390. The molecular weight excluding hydrogens is 392 g/mol. The Morgan fingerprint density at radius 2 is 2.21 bits per heavy atom. The number of benzene rings is 1. The number of anilines is 2. The van der Waals surface area contributed by atoms with Crippen molar-refractivity contribution >= 4 is 35.0 Å². The molecule has 1 N–H and O–H groups in total. The summed E-state index contributed by atoms with van der Waals surface area (Å²) >= 11 is 1.29. The first kappa shape index (κ1) is 19.8. The number of carbonyl (C=O) groups is 2. The molecule has 1 saturated heterocycles. The van der Waals surface area contributed by atoms with Crippen molar-refractivity contribution in [3.63, 3.8) is 0 Å². The van der Waals surface area contributed by atoms with Gasteiger partial charge in [0.25, 0.3) is 0 Å². The van der Waals surface area contributed by atoms with Crippen LogP contribution in [0.2, 0.25) is 0 Å². The Balaban J connectivity index is 1.55. The maximum Gasteiger partial charge on any atom is 0.250 e. The summed E-state index contributed by atoms with van der Waals surface area (Å²) in [5, 5.41) is 14.8. The van der Waals surface area contributed by atoms with E-state index in [1.165, 1.54) is 11.8 Å². The molecule has 2 aliphatic heterocycles. The third kappa shape index (κ3) is 3.74. The van der Waals surface area contributed by atoms with Crippen LogP contribution in [-0.2, 0) is 20.9 Å². The van der Waals surface area contributed by atoms with Gasteiger partial charge in [-0.2, -0.15) is 0 Å². The molecule has 2 amide bonds. The van der Waals surface area contributed by atoms with Crippen molar-refractivity contribution in [1.29, 1.82) is 0 Å². The second-order valence-electron chi connectivity index (χ2n) is 7.74. The Labute approximate surface area is 173 Å². The number of tetrazole rings is 1. The SMILES string of the molecule is C[C@@H](Sc1nnnn1C[C@@H]1CCCO1)C(=O)N1c2ccccc2NC(=O)C1(C)C. The van der Waals surface area contributed by atoms with Crippen LogP contribution in [-0.4, -0.2) is 55.5 Å². The lowest BCUT2D eigenvalue weighted by atomic mass is 9.96. The quantitative estimate of drug-likeness (QED) is 0.745. The number of fused-ring (bicyclic) bond motifs is 1. The van der Waals surface area contributed by atoms with Gasteiger partial charge in [0.2, 0.25) is 17.0 Å². The first-order valence-corrected chi connectivity index (χ1v) is 10.5. The lowest BCUT2D eigenvalue weighted by Crippen LogP contribution is -2.60. The molecule has 2 atom stereocenters. The number of nitrogens with one attached hydrogen (secondary N) is 1. The van der Waals surface area contributed by atoms with Crippen LogP contribution in [0.3, 0.4) is 0 Å². The highest BCUT2D eigenvalue weighted by Crippen LogP contribution is 2.38. The van der Waals surface area contributed by atoms with Crippen LogP contribution in [0.5, 0.6) is 0 Å². The summed E-state index contributed by atoms with van der Waals surface area (Å²) in [6, 6.07) is 7.32. The van der Waals surface area contributed by atoms with Gasteiger partial charge in [0.15, 0.2) is 0 Å². The highest BCUT2D eigenvalue weighted by molar-refractivity contribution is 8.00. The fourth-order valence-corrected chi connectivity index (χ4v) is 4.45. The predicted molar refractivity (Wildman–Crippen MR) is 109 cm³/mol. The van der Waals surface area contributed by atoms with Crippen LogP contribution in [0, 0.1) is 0 Å². The van der Waals surface area contributed by atoms with Crippen molar-refractivity contribution < 1.29 is 14.3 Å². The summed E-state index contributed by atoms with van der Waals surface area (Å²) in [4.78, 5) is 27.6. The van der Waals surface area contributed by atoms with Gasteiger partial charge in [0, 0.05) is 6.61 Å².